The van der Waals surface area contributed by atoms with Gasteiger partial charge < -0.3 is 29.5 Å². The summed E-state index contributed by atoms with van der Waals surface area (Å²) in [4.78, 5) is 3.81. The average molecular weight is 843 g/mol. The minimum Gasteiger partial charge on any atom is -0.744 e. The molecule has 304 valence electrons. The van der Waals surface area contributed by atoms with E-state index in [1.165, 1.54) is 76.3 Å². The third-order valence-electron chi connectivity index (χ3n) is 10.6. The topological polar surface area (TPSA) is 145 Å². The summed E-state index contributed by atoms with van der Waals surface area (Å²) in [7, 11) is -9.09. The van der Waals surface area contributed by atoms with Crippen LogP contribution in [-0.2, 0) is 33.3 Å². The van der Waals surface area contributed by atoms with E-state index < -0.39 is 20.2 Å². The van der Waals surface area contributed by atoms with Gasteiger partial charge in [0.15, 0.2) is 0 Å². The maximum atomic E-state index is 11.8. The Kier molecular flexibility index (Phi) is 19.0. The van der Waals surface area contributed by atoms with Crippen molar-refractivity contribution in [1.82, 2.24) is 0 Å². The Morgan fingerprint density at radius 2 is 0.842 bits per heavy atom. The number of anilines is 4. The van der Waals surface area contributed by atoms with Crippen molar-refractivity contribution in [1.29, 1.82) is 0 Å². The van der Waals surface area contributed by atoms with Gasteiger partial charge in [-0.15, -0.1) is 0 Å². The Bertz CT molecular complexity index is 1890. The van der Waals surface area contributed by atoms with E-state index >= 15 is 0 Å². The van der Waals surface area contributed by atoms with Gasteiger partial charge in [0.05, 0.1) is 44.9 Å². The molecular weight excluding hydrogens is 785 g/mol. The molecule has 2 aliphatic rings. The predicted molar refractivity (Wildman–Crippen MR) is 231 cm³/mol. The number of hydrogen-bond donors (Lipinski definition) is 2. The fourth-order valence-electron chi connectivity index (χ4n) is 7.73. The van der Waals surface area contributed by atoms with E-state index in [4.69, 9.17) is 0 Å². The second-order valence-corrected chi connectivity index (χ2v) is 17.6. The van der Waals surface area contributed by atoms with Crippen LogP contribution in [0.15, 0.2) is 107 Å². The first-order valence-corrected chi connectivity index (χ1v) is 23.1. The molecule has 0 saturated heterocycles. The Labute approximate surface area is 371 Å². The van der Waals surface area contributed by atoms with Gasteiger partial charge in [-0.1, -0.05) is 151 Å². The molecule has 0 amide bonds. The number of unbranched alkanes of at least 4 members (excludes halogenated alkanes) is 10. The van der Waals surface area contributed by atoms with Crippen LogP contribution < -0.4 is 20.4 Å². The normalized spacial score (nSPS) is 15.8. The van der Waals surface area contributed by atoms with Crippen molar-refractivity contribution in [3.05, 3.63) is 108 Å². The standard InChI is InChI=1S/2C22H30N2O3S.Ca/c2*1-2-3-4-5-6-10-16-21-23-19-14-11-15-20(28(25,26)27)22(19)24(21)17-18-12-8-7-9-13-18;/h2*7-9,11-15,21,23H,2-6,10,16-17H2,1H3,(H,25,26,27);/q;;+2/p-2. The zero-order valence-corrected chi connectivity index (χ0v) is 37.4. The molecule has 2 atom stereocenters. The predicted octanol–water partition coefficient (Wildman–Crippen LogP) is 9.82. The first-order valence-electron chi connectivity index (χ1n) is 20.3. The Morgan fingerprint density at radius 1 is 0.491 bits per heavy atom. The summed E-state index contributed by atoms with van der Waals surface area (Å²) in [5, 5.41) is 6.88. The molecule has 0 radical (unpaired) electrons. The fourth-order valence-corrected chi connectivity index (χ4v) is 9.15. The van der Waals surface area contributed by atoms with Crippen LogP contribution in [0.1, 0.15) is 115 Å². The van der Waals surface area contributed by atoms with Gasteiger partial charge in [-0.25, -0.2) is 16.8 Å². The van der Waals surface area contributed by atoms with Crippen LogP contribution >= 0.6 is 0 Å². The molecule has 2 N–H and O–H groups in total. The summed E-state index contributed by atoms with van der Waals surface area (Å²) in [6.45, 7) is 5.55. The quantitative estimate of drug-likeness (QED) is 0.0501. The number of para-hydroxylation sites is 2. The molecule has 2 aliphatic heterocycles. The Hall–Kier alpha value is -2.84. The molecular formula is C44H58CaN4O6S2. The minimum atomic E-state index is -4.54. The molecule has 6 rings (SSSR count). The van der Waals surface area contributed by atoms with Gasteiger partial charge in [-0.3, -0.25) is 0 Å². The number of nitrogens with zero attached hydrogens (tertiary/aromatic N) is 2. The maximum absolute atomic E-state index is 11.8. The second kappa shape index (κ2) is 23.1. The smallest absolute Gasteiger partial charge is 0.744 e. The monoisotopic (exact) mass is 842 g/mol. The zero-order chi connectivity index (χ0) is 40.0. The van der Waals surface area contributed by atoms with E-state index in [1.807, 2.05) is 82.6 Å². The van der Waals surface area contributed by atoms with E-state index in [1.54, 1.807) is 12.1 Å². The van der Waals surface area contributed by atoms with Crippen LogP contribution in [0.4, 0.5) is 22.7 Å². The molecule has 0 bridgehead atoms. The van der Waals surface area contributed by atoms with Gasteiger partial charge in [0.2, 0.25) is 0 Å². The molecule has 0 fully saturated rings. The molecule has 0 aliphatic carbocycles. The summed E-state index contributed by atoms with van der Waals surface area (Å²) in [6, 6.07) is 29.7. The molecule has 2 unspecified atom stereocenters. The Morgan fingerprint density at radius 3 is 1.19 bits per heavy atom. The van der Waals surface area contributed by atoms with E-state index in [0.717, 1.165) is 48.2 Å². The van der Waals surface area contributed by atoms with Crippen molar-refractivity contribution in [2.75, 3.05) is 20.4 Å². The van der Waals surface area contributed by atoms with Gasteiger partial charge >= 0.3 is 37.7 Å². The largest absolute Gasteiger partial charge is 2.00 e. The third-order valence-corrected chi connectivity index (χ3v) is 12.3. The van der Waals surface area contributed by atoms with Crippen molar-refractivity contribution in [2.45, 2.75) is 139 Å². The Balaban J connectivity index is 0.000000248. The molecule has 4 aromatic rings. The zero-order valence-electron chi connectivity index (χ0n) is 33.6. The molecule has 13 heteroatoms. The number of hydrogen-bond acceptors (Lipinski definition) is 10. The maximum Gasteiger partial charge on any atom is 2.00 e. The van der Waals surface area contributed by atoms with Gasteiger partial charge in [0.25, 0.3) is 0 Å². The van der Waals surface area contributed by atoms with Crippen molar-refractivity contribution in [3.8, 4) is 0 Å². The summed E-state index contributed by atoms with van der Waals surface area (Å²) < 4.78 is 71.1. The van der Waals surface area contributed by atoms with Crippen LogP contribution in [0.2, 0.25) is 0 Å². The SMILES string of the molecule is CCCCCCCCC1Nc2cccc(S(=O)(=O)[O-])c2N1Cc1ccccc1.CCCCCCCCC1Nc2cccc(S(=O)(=O)[O-])c2N1Cc1ccccc1.[Ca+2]. The van der Waals surface area contributed by atoms with Gasteiger partial charge in [0.1, 0.15) is 20.2 Å². The number of fused-ring (bicyclic) bond motifs is 2. The minimum absolute atomic E-state index is 0. The van der Waals surface area contributed by atoms with Crippen LogP contribution in [0.25, 0.3) is 0 Å². The number of nitrogens with one attached hydrogen (secondary N) is 2. The first-order chi connectivity index (χ1) is 27.0. The molecule has 10 nitrogen and oxygen atoms in total. The van der Waals surface area contributed by atoms with E-state index in [0.29, 0.717) is 24.5 Å². The summed E-state index contributed by atoms with van der Waals surface area (Å²) in [6.07, 6.45) is 16.3. The second-order valence-electron chi connectivity index (χ2n) is 14.9. The molecule has 2 heterocycles. The van der Waals surface area contributed by atoms with Crippen LogP contribution in [-0.4, -0.2) is 76.0 Å². The van der Waals surface area contributed by atoms with E-state index in [-0.39, 0.29) is 59.9 Å². The van der Waals surface area contributed by atoms with Crippen LogP contribution in [0.5, 0.6) is 0 Å². The van der Waals surface area contributed by atoms with E-state index in [2.05, 4.69) is 24.5 Å². The van der Waals surface area contributed by atoms with Crippen molar-refractivity contribution in [2.24, 2.45) is 0 Å². The number of benzene rings is 4. The fraction of sp³-hybridized carbons (Fsp3) is 0.455. The molecule has 0 aromatic heterocycles. The van der Waals surface area contributed by atoms with Gasteiger partial charge in [0, 0.05) is 13.1 Å². The third kappa shape index (κ3) is 13.6. The van der Waals surface area contributed by atoms with Gasteiger partial charge in [-0.05, 0) is 61.1 Å². The van der Waals surface area contributed by atoms with Crippen LogP contribution in [0.3, 0.4) is 0 Å². The molecule has 4 aromatic carbocycles. The summed E-state index contributed by atoms with van der Waals surface area (Å²) >= 11 is 0. The summed E-state index contributed by atoms with van der Waals surface area (Å²) in [5.41, 5.74) is 4.65. The van der Waals surface area contributed by atoms with Crippen molar-refractivity contribution < 1.29 is 25.9 Å². The molecule has 0 spiro atoms. The van der Waals surface area contributed by atoms with Gasteiger partial charge in [-0.2, -0.15) is 0 Å². The van der Waals surface area contributed by atoms with Crippen molar-refractivity contribution >= 4 is 80.7 Å². The van der Waals surface area contributed by atoms with Crippen molar-refractivity contribution in [3.63, 3.8) is 0 Å². The van der Waals surface area contributed by atoms with E-state index in [9.17, 15) is 25.9 Å². The molecule has 57 heavy (non-hydrogen) atoms. The summed E-state index contributed by atoms with van der Waals surface area (Å²) in [5.74, 6) is 0. The first kappa shape index (κ1) is 46.8. The van der Waals surface area contributed by atoms with Crippen LogP contribution in [0, 0.1) is 0 Å². The molecule has 0 saturated carbocycles. The average Bonchev–Trinajstić information content (AvgIpc) is 3.71. The number of rotatable bonds is 20.